The monoisotopic (exact) mass is 352 g/mol. The van der Waals surface area contributed by atoms with Gasteiger partial charge in [0.15, 0.2) is 0 Å². The highest BCUT2D eigenvalue weighted by molar-refractivity contribution is 5.65. The smallest absolute Gasteiger partial charge is 0.120 e. The van der Waals surface area contributed by atoms with E-state index in [1.165, 1.54) is 16.8 Å². The topological polar surface area (TPSA) is 44.9 Å². The van der Waals surface area contributed by atoms with Crippen LogP contribution in [0.1, 0.15) is 44.1 Å². The number of rotatable bonds is 7. The Labute approximate surface area is 155 Å². The van der Waals surface area contributed by atoms with E-state index in [1.807, 2.05) is 38.5 Å². The molecular formula is C21H28N4O. The van der Waals surface area contributed by atoms with Crippen molar-refractivity contribution < 1.29 is 4.74 Å². The van der Waals surface area contributed by atoms with Crippen molar-refractivity contribution >= 4 is 0 Å². The number of hydrogen-bond acceptors (Lipinski definition) is 3. The van der Waals surface area contributed by atoms with Gasteiger partial charge in [0.05, 0.1) is 30.0 Å². The average Bonchev–Trinajstić information content (AvgIpc) is 3.12. The SMILES string of the molecule is CCCn1nc(C)c(-c2cncn2Cc2cccc(OC(C)C)c2)c1C. The molecule has 0 saturated carbocycles. The molecule has 3 aromatic rings. The van der Waals surface area contributed by atoms with Crippen LogP contribution in [0.15, 0.2) is 36.8 Å². The van der Waals surface area contributed by atoms with Gasteiger partial charge in [0.2, 0.25) is 0 Å². The fourth-order valence-electron chi connectivity index (χ4n) is 3.34. The minimum Gasteiger partial charge on any atom is -0.491 e. The number of aryl methyl sites for hydroxylation is 2. The van der Waals surface area contributed by atoms with Gasteiger partial charge in [0.25, 0.3) is 0 Å². The molecule has 0 radical (unpaired) electrons. The average molecular weight is 352 g/mol. The molecule has 0 fully saturated rings. The Kier molecular flexibility index (Phi) is 5.45. The van der Waals surface area contributed by atoms with Crippen LogP contribution in [-0.4, -0.2) is 25.4 Å². The zero-order chi connectivity index (χ0) is 18.7. The van der Waals surface area contributed by atoms with E-state index in [1.54, 1.807) is 0 Å². The van der Waals surface area contributed by atoms with Gasteiger partial charge in [0, 0.05) is 24.3 Å². The van der Waals surface area contributed by atoms with Crippen LogP contribution in [0.5, 0.6) is 5.75 Å². The molecule has 0 saturated heterocycles. The first-order chi connectivity index (χ1) is 12.5. The van der Waals surface area contributed by atoms with E-state index in [9.17, 15) is 0 Å². The van der Waals surface area contributed by atoms with Crippen LogP contribution in [-0.2, 0) is 13.1 Å². The van der Waals surface area contributed by atoms with Gasteiger partial charge >= 0.3 is 0 Å². The minimum absolute atomic E-state index is 0.170. The number of nitrogens with zero attached hydrogens (tertiary/aromatic N) is 4. The highest BCUT2D eigenvalue weighted by Gasteiger charge is 2.17. The third kappa shape index (κ3) is 3.82. The highest BCUT2D eigenvalue weighted by atomic mass is 16.5. The van der Waals surface area contributed by atoms with Gasteiger partial charge in [-0.1, -0.05) is 19.1 Å². The molecule has 5 nitrogen and oxygen atoms in total. The quantitative estimate of drug-likeness (QED) is 0.624. The van der Waals surface area contributed by atoms with Crippen LogP contribution in [0.4, 0.5) is 0 Å². The molecule has 0 spiro atoms. The second-order valence-electron chi connectivity index (χ2n) is 6.99. The summed E-state index contributed by atoms with van der Waals surface area (Å²) in [4.78, 5) is 4.40. The Morgan fingerprint density at radius 3 is 2.73 bits per heavy atom. The summed E-state index contributed by atoms with van der Waals surface area (Å²) in [7, 11) is 0. The zero-order valence-electron chi connectivity index (χ0n) is 16.4. The number of aromatic nitrogens is 4. The standard InChI is InChI=1S/C21H28N4O/c1-6-10-25-17(5)21(16(4)23-25)20-12-22-14-24(20)13-18-8-7-9-19(11-18)26-15(2)3/h7-9,11-12,14-15H,6,10,13H2,1-5H3. The number of imidazole rings is 1. The fraction of sp³-hybridized carbons (Fsp3) is 0.429. The lowest BCUT2D eigenvalue weighted by Crippen LogP contribution is -2.06. The molecule has 5 heteroatoms. The van der Waals surface area contributed by atoms with Crippen LogP contribution in [0, 0.1) is 13.8 Å². The maximum absolute atomic E-state index is 5.82. The van der Waals surface area contributed by atoms with E-state index in [4.69, 9.17) is 9.84 Å². The van der Waals surface area contributed by atoms with Crippen LogP contribution < -0.4 is 4.74 Å². The Bertz CT molecular complexity index is 876. The van der Waals surface area contributed by atoms with Crippen molar-refractivity contribution in [1.82, 2.24) is 19.3 Å². The summed E-state index contributed by atoms with van der Waals surface area (Å²) in [5.41, 5.74) is 5.74. The normalized spacial score (nSPS) is 11.3. The predicted octanol–water partition coefficient (Wildman–Crippen LogP) is 4.61. The van der Waals surface area contributed by atoms with Crippen LogP contribution in [0.25, 0.3) is 11.3 Å². The second-order valence-corrected chi connectivity index (χ2v) is 6.99. The molecule has 0 aliphatic heterocycles. The maximum Gasteiger partial charge on any atom is 0.120 e. The number of ether oxygens (including phenoxy) is 1. The molecule has 0 aliphatic rings. The van der Waals surface area contributed by atoms with E-state index >= 15 is 0 Å². The first-order valence-corrected chi connectivity index (χ1v) is 9.29. The lowest BCUT2D eigenvalue weighted by Gasteiger charge is -2.13. The van der Waals surface area contributed by atoms with Crippen molar-refractivity contribution in [3.05, 3.63) is 53.7 Å². The largest absolute Gasteiger partial charge is 0.491 e. The maximum atomic E-state index is 5.82. The lowest BCUT2D eigenvalue weighted by molar-refractivity contribution is 0.242. The van der Waals surface area contributed by atoms with Gasteiger partial charge in [0.1, 0.15) is 5.75 Å². The molecule has 26 heavy (non-hydrogen) atoms. The van der Waals surface area contributed by atoms with E-state index in [-0.39, 0.29) is 6.10 Å². The third-order valence-corrected chi connectivity index (χ3v) is 4.41. The molecule has 1 aromatic carbocycles. The van der Waals surface area contributed by atoms with Crippen molar-refractivity contribution in [2.75, 3.05) is 0 Å². The zero-order valence-corrected chi connectivity index (χ0v) is 16.4. The molecule has 0 atom stereocenters. The molecular weight excluding hydrogens is 324 g/mol. The van der Waals surface area contributed by atoms with Gasteiger partial charge in [-0.15, -0.1) is 0 Å². The highest BCUT2D eigenvalue weighted by Crippen LogP contribution is 2.28. The van der Waals surface area contributed by atoms with Gasteiger partial charge in [-0.05, 0) is 51.8 Å². The molecule has 0 amide bonds. The lowest BCUT2D eigenvalue weighted by atomic mass is 10.1. The third-order valence-electron chi connectivity index (χ3n) is 4.41. The number of benzene rings is 1. The molecule has 138 valence electrons. The van der Waals surface area contributed by atoms with Gasteiger partial charge in [-0.2, -0.15) is 5.10 Å². The Hall–Kier alpha value is -2.56. The summed E-state index contributed by atoms with van der Waals surface area (Å²) >= 11 is 0. The van der Waals surface area contributed by atoms with Crippen molar-refractivity contribution in [2.45, 2.75) is 60.2 Å². The molecule has 0 aliphatic carbocycles. The molecule has 0 bridgehead atoms. The van der Waals surface area contributed by atoms with E-state index in [2.05, 4.69) is 47.1 Å². The molecule has 0 N–H and O–H groups in total. The first kappa shape index (κ1) is 18.2. The van der Waals surface area contributed by atoms with E-state index in [0.29, 0.717) is 0 Å². The van der Waals surface area contributed by atoms with Crippen molar-refractivity contribution in [1.29, 1.82) is 0 Å². The van der Waals surface area contributed by atoms with Gasteiger partial charge < -0.3 is 9.30 Å². The number of hydrogen-bond donors (Lipinski definition) is 0. The Balaban J connectivity index is 1.91. The van der Waals surface area contributed by atoms with Crippen LogP contribution in [0.3, 0.4) is 0 Å². The van der Waals surface area contributed by atoms with Crippen molar-refractivity contribution in [3.63, 3.8) is 0 Å². The summed E-state index contributed by atoms with van der Waals surface area (Å²) in [5, 5.41) is 4.71. The fourth-order valence-corrected chi connectivity index (χ4v) is 3.34. The van der Waals surface area contributed by atoms with Crippen molar-refractivity contribution in [2.24, 2.45) is 0 Å². The summed E-state index contributed by atoms with van der Waals surface area (Å²) in [6.45, 7) is 12.2. The van der Waals surface area contributed by atoms with Crippen LogP contribution >= 0.6 is 0 Å². The van der Waals surface area contributed by atoms with Crippen molar-refractivity contribution in [3.8, 4) is 17.0 Å². The summed E-state index contributed by atoms with van der Waals surface area (Å²) in [6.07, 6.45) is 5.07. The van der Waals surface area contributed by atoms with E-state index in [0.717, 1.165) is 36.6 Å². The van der Waals surface area contributed by atoms with Crippen LogP contribution in [0.2, 0.25) is 0 Å². The predicted molar refractivity (Wildman–Crippen MR) is 105 cm³/mol. The summed E-state index contributed by atoms with van der Waals surface area (Å²) in [5.74, 6) is 0.905. The second kappa shape index (κ2) is 7.77. The first-order valence-electron chi connectivity index (χ1n) is 9.29. The molecule has 3 rings (SSSR count). The molecule has 2 aromatic heterocycles. The van der Waals surface area contributed by atoms with Gasteiger partial charge in [-0.25, -0.2) is 4.98 Å². The Morgan fingerprint density at radius 1 is 1.19 bits per heavy atom. The summed E-state index contributed by atoms with van der Waals surface area (Å²) < 4.78 is 10.1. The summed E-state index contributed by atoms with van der Waals surface area (Å²) in [6, 6.07) is 8.27. The molecule has 2 heterocycles. The Morgan fingerprint density at radius 2 is 2.00 bits per heavy atom. The van der Waals surface area contributed by atoms with E-state index < -0.39 is 0 Å². The minimum atomic E-state index is 0.170. The molecule has 0 unspecified atom stereocenters. The van der Waals surface area contributed by atoms with Gasteiger partial charge in [-0.3, -0.25) is 4.68 Å².